The molecule has 0 heterocycles. The lowest BCUT2D eigenvalue weighted by atomic mass is 9.80. The van der Waals surface area contributed by atoms with Crippen LogP contribution in [0.25, 0.3) is 0 Å². The van der Waals surface area contributed by atoms with Gasteiger partial charge in [-0.05, 0) is 200 Å². The fourth-order valence-electron chi connectivity index (χ4n) is 17.6. The van der Waals surface area contributed by atoms with Crippen molar-refractivity contribution in [3.05, 3.63) is 0 Å². The van der Waals surface area contributed by atoms with Crippen LogP contribution in [0.3, 0.4) is 0 Å². The summed E-state index contributed by atoms with van der Waals surface area (Å²) in [4.78, 5) is 0. The standard InChI is InChI=1S/3C8H13F3.2C8H14F2.3C7H12F2.3C7H13F.C7H14/c1-6-2-4-7(5-3-6)8(9,10)11;1-6-3-2-4-7(5-6)8(9,10)11;1-6-4-2-3-5-7(6)8(9,10)11;1-6-3-2-4-7(5-6)8(9)10;1-6-4-2-3-5-7(6)8(9)10;1-6-2-4-7(8,9)5-3-6;1-6-3-2-4-7(8,9)5-6;1-6-4-2-3-5-7(6,8)9;1-6-2-4-7(8)5-3-6;1-6-3-2-4-7(8)5-6;1-6-4-2-3-5-7(6)8;1-7-5-3-2-4-6-7/h3*6-7H,2-5H2,1H3;2*6-8H,2-5H2,1H3;3*6H,2-5H2,1H3;3*6-7H,2-5H2,1H3;7H,2-6H2,1H3. The highest BCUT2D eigenvalue weighted by Crippen LogP contribution is 2.45. The van der Waals surface area contributed by atoms with Gasteiger partial charge < -0.3 is 0 Å². The monoisotopic (exact) mass is 1640 g/mol. The molecule has 111 heavy (non-hydrogen) atoms. The van der Waals surface area contributed by atoms with Gasteiger partial charge in [-0.15, -0.1) is 0 Å². The maximum Gasteiger partial charge on any atom is 0.392 e. The second-order valence-electron chi connectivity index (χ2n) is 37.3. The zero-order chi connectivity index (χ0) is 84.3. The summed E-state index contributed by atoms with van der Waals surface area (Å²) < 4.78 is 270. The predicted molar refractivity (Wildman–Crippen MR) is 413 cm³/mol. The Bertz CT molecular complexity index is 2160. The van der Waals surface area contributed by atoms with E-state index in [2.05, 4.69) is 27.7 Å². The third-order valence-electron chi connectivity index (χ3n) is 26.0. The Hall–Kier alpha value is -1.54. The first kappa shape index (κ1) is 107. The minimum atomic E-state index is -3.96. The first-order chi connectivity index (χ1) is 51.5. The minimum absolute atomic E-state index is 0.104. The van der Waals surface area contributed by atoms with Crippen molar-refractivity contribution in [2.75, 3.05) is 0 Å². The molecule has 14 atom stereocenters. The zero-order valence-electron chi connectivity index (χ0n) is 70.7. The smallest absolute Gasteiger partial charge is 0.247 e. The number of rotatable bonds is 2. The van der Waals surface area contributed by atoms with Gasteiger partial charge >= 0.3 is 18.5 Å². The van der Waals surface area contributed by atoms with Crippen LogP contribution in [-0.4, -0.2) is 67.7 Å². The highest BCUT2D eigenvalue weighted by molar-refractivity contribution is 4.82. The van der Waals surface area contributed by atoms with E-state index in [-0.39, 0.29) is 73.5 Å². The summed E-state index contributed by atoms with van der Waals surface area (Å²) in [5.74, 6) is -6.22. The molecule has 666 valence electrons. The van der Waals surface area contributed by atoms with Crippen molar-refractivity contribution in [2.24, 2.45) is 101 Å². The number of alkyl halides is 22. The van der Waals surface area contributed by atoms with Gasteiger partial charge in [0.25, 0.3) is 5.92 Å². The normalized spacial score (nSPS) is 34.4. The molecule has 0 amide bonds. The Labute approximate surface area is 659 Å². The number of hydrogen-bond acceptors (Lipinski definition) is 0. The molecule has 12 aliphatic carbocycles. The van der Waals surface area contributed by atoms with Crippen LogP contribution in [0.5, 0.6) is 0 Å². The average Bonchev–Trinajstić information content (AvgIpc) is 0.852. The Morgan fingerprint density at radius 2 is 0.694 bits per heavy atom. The SMILES string of the molecule is CC1CCC(C(F)(F)F)CC1.CC1CCC(F)(F)CC1.CC1CCC(F)CC1.CC1CCCC(C(F)(F)F)C1.CC1CCCC(C(F)F)C1.CC1CCCC(F)(F)C1.CC1CCCC(F)C1.CC1CCCCC1.CC1CCCCC1(F)F.CC1CCCCC1C(F)(F)F.CC1CCCCC1C(F)F.CC1CCCCC1F. The molecule has 0 aromatic carbocycles. The molecular weight excluding hydrogens is 1490 g/mol. The van der Waals surface area contributed by atoms with E-state index in [9.17, 15) is 96.6 Å². The van der Waals surface area contributed by atoms with Crippen molar-refractivity contribution in [1.82, 2.24) is 0 Å². The number of hydrogen-bond donors (Lipinski definition) is 0. The van der Waals surface area contributed by atoms with Crippen LogP contribution in [0.1, 0.15) is 398 Å². The molecule has 0 aromatic heterocycles. The Kier molecular flexibility index (Phi) is 54.3. The molecule has 0 N–H and O–H groups in total. The zero-order valence-corrected chi connectivity index (χ0v) is 70.7. The van der Waals surface area contributed by atoms with Crippen molar-refractivity contribution >= 4 is 0 Å². The molecule has 14 unspecified atom stereocenters. The molecule has 12 saturated carbocycles. The maximum atomic E-state index is 12.6. The third-order valence-corrected chi connectivity index (χ3v) is 26.0. The van der Waals surface area contributed by atoms with E-state index in [0.29, 0.717) is 93.8 Å². The van der Waals surface area contributed by atoms with Crippen molar-refractivity contribution in [3.8, 4) is 0 Å². The number of halogens is 22. The van der Waals surface area contributed by atoms with E-state index in [1.165, 1.54) is 44.9 Å². The summed E-state index contributed by atoms with van der Waals surface area (Å²) in [6.07, 6.45) is 22.8. The maximum absolute atomic E-state index is 12.6. The summed E-state index contributed by atoms with van der Waals surface area (Å²) in [5, 5.41) is 0. The topological polar surface area (TPSA) is 0 Å². The summed E-state index contributed by atoms with van der Waals surface area (Å²) in [5.41, 5.74) is 0. The van der Waals surface area contributed by atoms with Crippen molar-refractivity contribution < 1.29 is 96.6 Å². The van der Waals surface area contributed by atoms with Crippen LogP contribution in [0.15, 0.2) is 0 Å². The lowest BCUT2D eigenvalue weighted by molar-refractivity contribution is -0.194. The summed E-state index contributed by atoms with van der Waals surface area (Å²) in [6, 6.07) is 0. The van der Waals surface area contributed by atoms with Gasteiger partial charge in [-0.25, -0.2) is 57.1 Å². The van der Waals surface area contributed by atoms with E-state index >= 15 is 0 Å². The molecular formula is C89H156F22. The second-order valence-corrected chi connectivity index (χ2v) is 37.3. The molecule has 0 saturated heterocycles. The van der Waals surface area contributed by atoms with Crippen LogP contribution >= 0.6 is 0 Å². The molecule has 0 aromatic rings. The van der Waals surface area contributed by atoms with Gasteiger partial charge in [-0.1, -0.05) is 231 Å². The summed E-state index contributed by atoms with van der Waals surface area (Å²) in [6.45, 7) is 23.9. The third kappa shape index (κ3) is 52.2. The predicted octanol–water partition coefficient (Wildman–Crippen LogP) is 35.0. The van der Waals surface area contributed by atoms with Crippen LogP contribution in [-0.2, 0) is 0 Å². The Balaban J connectivity index is 0.000000607. The van der Waals surface area contributed by atoms with E-state index < -0.39 is 85.4 Å². The fourth-order valence-corrected chi connectivity index (χ4v) is 17.6. The van der Waals surface area contributed by atoms with Crippen LogP contribution in [0.2, 0.25) is 0 Å². The van der Waals surface area contributed by atoms with E-state index in [1.807, 2.05) is 41.5 Å². The van der Waals surface area contributed by atoms with Gasteiger partial charge in [0.2, 0.25) is 24.7 Å². The van der Waals surface area contributed by atoms with E-state index in [0.717, 1.165) is 185 Å². The Morgan fingerprint density at radius 1 is 0.270 bits per heavy atom. The summed E-state index contributed by atoms with van der Waals surface area (Å²) in [7, 11) is 0. The fraction of sp³-hybridized carbons (Fsp3) is 1.00. The first-order valence-electron chi connectivity index (χ1n) is 44.4. The van der Waals surface area contributed by atoms with Crippen LogP contribution < -0.4 is 0 Å². The van der Waals surface area contributed by atoms with E-state index in [1.54, 1.807) is 13.8 Å². The van der Waals surface area contributed by atoms with Gasteiger partial charge in [0, 0.05) is 49.9 Å². The molecule has 0 radical (unpaired) electrons. The second kappa shape index (κ2) is 56.1. The van der Waals surface area contributed by atoms with Gasteiger partial charge in [-0.3, -0.25) is 0 Å². The molecule has 0 spiro atoms. The largest absolute Gasteiger partial charge is 0.392 e. The average molecular weight is 1640 g/mol. The van der Waals surface area contributed by atoms with Gasteiger partial charge in [0.15, 0.2) is 0 Å². The highest BCUT2D eigenvalue weighted by atomic mass is 19.4. The quantitative estimate of drug-likeness (QED) is 0.242. The van der Waals surface area contributed by atoms with Crippen LogP contribution in [0.4, 0.5) is 96.6 Å². The van der Waals surface area contributed by atoms with E-state index in [4.69, 9.17) is 0 Å². The lowest BCUT2D eigenvalue weighted by Gasteiger charge is -2.30. The lowest BCUT2D eigenvalue weighted by Crippen LogP contribution is -2.31. The molecule has 12 aliphatic rings. The van der Waals surface area contributed by atoms with Crippen molar-refractivity contribution in [2.45, 2.75) is 465 Å². The molecule has 0 nitrogen and oxygen atoms in total. The van der Waals surface area contributed by atoms with Gasteiger partial charge in [0.1, 0.15) is 18.5 Å². The molecule has 12 rings (SSSR count). The summed E-state index contributed by atoms with van der Waals surface area (Å²) >= 11 is 0. The molecule has 12 fully saturated rings. The van der Waals surface area contributed by atoms with Crippen LogP contribution in [0, 0.1) is 101 Å². The van der Waals surface area contributed by atoms with Crippen molar-refractivity contribution in [3.63, 3.8) is 0 Å². The van der Waals surface area contributed by atoms with Gasteiger partial charge in [-0.2, -0.15) is 39.5 Å². The molecule has 0 bridgehead atoms. The highest BCUT2D eigenvalue weighted by Gasteiger charge is 2.45. The molecule has 22 heteroatoms. The minimum Gasteiger partial charge on any atom is -0.247 e. The Morgan fingerprint density at radius 3 is 1.01 bits per heavy atom. The molecule has 0 aliphatic heterocycles. The van der Waals surface area contributed by atoms with Crippen molar-refractivity contribution in [1.29, 1.82) is 0 Å². The van der Waals surface area contributed by atoms with Gasteiger partial charge in [0.05, 0.1) is 17.8 Å². The first-order valence-corrected chi connectivity index (χ1v) is 44.4.